The molecule has 0 aromatic carbocycles. The highest BCUT2D eigenvalue weighted by Gasteiger charge is 2.35. The molecule has 132 valence electrons. The highest BCUT2D eigenvalue weighted by atomic mass is 16.5. The van der Waals surface area contributed by atoms with Crippen LogP contribution in [0.15, 0.2) is 0 Å². The number of carbonyl (C=O) groups excluding carboxylic acids is 2. The van der Waals surface area contributed by atoms with Crippen molar-refractivity contribution in [2.24, 2.45) is 5.92 Å². The molecule has 2 aliphatic heterocycles. The molecule has 0 spiro atoms. The molecule has 2 aliphatic rings. The summed E-state index contributed by atoms with van der Waals surface area (Å²) in [5, 5.41) is 3.06. The van der Waals surface area contributed by atoms with Crippen LogP contribution in [0.2, 0.25) is 0 Å². The zero-order valence-electron chi connectivity index (χ0n) is 14.9. The lowest BCUT2D eigenvalue weighted by atomic mass is 10.0. The van der Waals surface area contributed by atoms with E-state index in [0.717, 1.165) is 26.2 Å². The van der Waals surface area contributed by atoms with Gasteiger partial charge in [0.15, 0.2) is 0 Å². The zero-order chi connectivity index (χ0) is 17.0. The minimum Gasteiger partial charge on any atom is -0.379 e. The maximum absolute atomic E-state index is 12.6. The summed E-state index contributed by atoms with van der Waals surface area (Å²) in [6.45, 7) is 12.0. The molecule has 6 nitrogen and oxygen atoms in total. The van der Waals surface area contributed by atoms with Crippen molar-refractivity contribution in [3.05, 3.63) is 0 Å². The first kappa shape index (κ1) is 18.2. The predicted octanol–water partition coefficient (Wildman–Crippen LogP) is 0.859. The van der Waals surface area contributed by atoms with Gasteiger partial charge in [-0.2, -0.15) is 0 Å². The Hall–Kier alpha value is -1.14. The van der Waals surface area contributed by atoms with Crippen molar-refractivity contribution >= 4 is 11.8 Å². The molecule has 2 amide bonds. The van der Waals surface area contributed by atoms with Gasteiger partial charge in [-0.3, -0.25) is 14.5 Å². The SMILES string of the molecule is CC(C)[C@@H](C(=O)NC[C@H](C)N1CCOC[C@@H]1C)N1CCCC1=O. The fraction of sp³-hybridized carbons (Fsp3) is 0.882. The molecule has 0 aromatic heterocycles. The van der Waals surface area contributed by atoms with Crippen LogP contribution in [0.4, 0.5) is 0 Å². The molecule has 2 rings (SSSR count). The van der Waals surface area contributed by atoms with Gasteiger partial charge in [0.2, 0.25) is 11.8 Å². The third kappa shape index (κ3) is 4.44. The Labute approximate surface area is 139 Å². The van der Waals surface area contributed by atoms with Crippen molar-refractivity contribution in [3.63, 3.8) is 0 Å². The van der Waals surface area contributed by atoms with Gasteiger partial charge in [0.05, 0.1) is 13.2 Å². The average Bonchev–Trinajstić information content (AvgIpc) is 2.91. The highest BCUT2D eigenvalue weighted by molar-refractivity contribution is 5.88. The molecule has 0 unspecified atom stereocenters. The lowest BCUT2D eigenvalue weighted by Gasteiger charge is -2.38. The van der Waals surface area contributed by atoms with Gasteiger partial charge in [0.1, 0.15) is 6.04 Å². The quantitative estimate of drug-likeness (QED) is 0.787. The number of morpholine rings is 1. The van der Waals surface area contributed by atoms with Gasteiger partial charge in [0, 0.05) is 38.1 Å². The van der Waals surface area contributed by atoms with Crippen molar-refractivity contribution in [1.29, 1.82) is 0 Å². The fourth-order valence-corrected chi connectivity index (χ4v) is 3.63. The van der Waals surface area contributed by atoms with Gasteiger partial charge in [-0.1, -0.05) is 13.8 Å². The van der Waals surface area contributed by atoms with E-state index in [1.165, 1.54) is 0 Å². The topological polar surface area (TPSA) is 61.9 Å². The minimum atomic E-state index is -0.348. The maximum atomic E-state index is 12.6. The molecule has 3 atom stereocenters. The molecule has 2 fully saturated rings. The normalized spacial score (nSPS) is 25.7. The summed E-state index contributed by atoms with van der Waals surface area (Å²) in [4.78, 5) is 28.7. The first-order chi connectivity index (χ1) is 10.9. The second-order valence-electron chi connectivity index (χ2n) is 7.14. The molecule has 6 heteroatoms. The lowest BCUT2D eigenvalue weighted by molar-refractivity contribution is -0.139. The first-order valence-corrected chi connectivity index (χ1v) is 8.82. The Kier molecular flexibility index (Phi) is 6.41. The maximum Gasteiger partial charge on any atom is 0.243 e. The van der Waals surface area contributed by atoms with E-state index in [0.29, 0.717) is 25.6 Å². The summed E-state index contributed by atoms with van der Waals surface area (Å²) in [6.07, 6.45) is 1.43. The second kappa shape index (κ2) is 8.11. The molecule has 0 bridgehead atoms. The molecule has 2 saturated heterocycles. The summed E-state index contributed by atoms with van der Waals surface area (Å²) in [5.41, 5.74) is 0. The standard InChI is InChI=1S/C17H31N3O3/c1-12(2)16(20-7-5-6-15(20)21)17(22)18-10-13(3)19-8-9-23-11-14(19)4/h12-14,16H,5-11H2,1-4H3,(H,18,22)/t13-,14-,16-/m0/s1. The van der Waals surface area contributed by atoms with Crippen molar-refractivity contribution in [2.75, 3.05) is 32.8 Å². The molecular formula is C17H31N3O3. The van der Waals surface area contributed by atoms with Crippen molar-refractivity contribution in [3.8, 4) is 0 Å². The Morgan fingerprint density at radius 2 is 2.09 bits per heavy atom. The van der Waals surface area contributed by atoms with Crippen molar-refractivity contribution < 1.29 is 14.3 Å². The zero-order valence-corrected chi connectivity index (χ0v) is 14.9. The van der Waals surface area contributed by atoms with E-state index in [4.69, 9.17) is 4.74 Å². The van der Waals surface area contributed by atoms with Crippen LogP contribution in [0.1, 0.15) is 40.5 Å². The molecule has 0 aromatic rings. The van der Waals surface area contributed by atoms with Crippen LogP contribution in [0.5, 0.6) is 0 Å². The van der Waals surface area contributed by atoms with E-state index in [1.54, 1.807) is 4.90 Å². The number of ether oxygens (including phenoxy) is 1. The Morgan fingerprint density at radius 1 is 1.35 bits per heavy atom. The highest BCUT2D eigenvalue weighted by Crippen LogP contribution is 2.19. The summed E-state index contributed by atoms with van der Waals surface area (Å²) < 4.78 is 5.46. The fourth-order valence-electron chi connectivity index (χ4n) is 3.63. The van der Waals surface area contributed by atoms with E-state index in [2.05, 4.69) is 24.1 Å². The summed E-state index contributed by atoms with van der Waals surface area (Å²) in [7, 11) is 0. The number of rotatable bonds is 6. The molecule has 2 heterocycles. The number of amides is 2. The smallest absolute Gasteiger partial charge is 0.243 e. The molecule has 0 saturated carbocycles. The molecule has 23 heavy (non-hydrogen) atoms. The largest absolute Gasteiger partial charge is 0.379 e. The van der Waals surface area contributed by atoms with Crippen LogP contribution in [-0.4, -0.2) is 72.6 Å². The van der Waals surface area contributed by atoms with Crippen LogP contribution < -0.4 is 5.32 Å². The van der Waals surface area contributed by atoms with Crippen molar-refractivity contribution in [2.45, 2.75) is 58.7 Å². The van der Waals surface area contributed by atoms with Gasteiger partial charge in [-0.05, 0) is 26.2 Å². The van der Waals surface area contributed by atoms with E-state index >= 15 is 0 Å². The number of likely N-dealkylation sites (tertiary alicyclic amines) is 1. The average molecular weight is 325 g/mol. The van der Waals surface area contributed by atoms with Crippen molar-refractivity contribution in [1.82, 2.24) is 15.1 Å². The number of nitrogens with one attached hydrogen (secondary N) is 1. The van der Waals surface area contributed by atoms with Crippen LogP contribution in [0, 0.1) is 5.92 Å². The van der Waals surface area contributed by atoms with Gasteiger partial charge < -0.3 is 15.0 Å². The predicted molar refractivity (Wildman–Crippen MR) is 89.0 cm³/mol. The molecular weight excluding hydrogens is 294 g/mol. The van der Waals surface area contributed by atoms with Gasteiger partial charge in [0.25, 0.3) is 0 Å². The molecule has 1 N–H and O–H groups in total. The van der Waals surface area contributed by atoms with Gasteiger partial charge >= 0.3 is 0 Å². The summed E-state index contributed by atoms with van der Waals surface area (Å²) >= 11 is 0. The number of nitrogens with zero attached hydrogens (tertiary/aromatic N) is 2. The number of hydrogen-bond acceptors (Lipinski definition) is 4. The van der Waals surface area contributed by atoms with E-state index in [-0.39, 0.29) is 29.8 Å². The summed E-state index contributed by atoms with van der Waals surface area (Å²) in [5.74, 6) is 0.200. The Morgan fingerprint density at radius 3 is 2.65 bits per heavy atom. The van der Waals surface area contributed by atoms with E-state index < -0.39 is 0 Å². The Balaban J connectivity index is 1.89. The monoisotopic (exact) mass is 325 g/mol. The van der Waals surface area contributed by atoms with Crippen LogP contribution in [0.25, 0.3) is 0 Å². The third-order valence-electron chi connectivity index (χ3n) is 4.90. The van der Waals surface area contributed by atoms with Gasteiger partial charge in [-0.25, -0.2) is 0 Å². The Bertz CT molecular complexity index is 427. The van der Waals surface area contributed by atoms with Crippen LogP contribution in [0.3, 0.4) is 0 Å². The lowest BCUT2D eigenvalue weighted by Crippen LogP contribution is -2.55. The first-order valence-electron chi connectivity index (χ1n) is 8.82. The molecule has 0 aliphatic carbocycles. The second-order valence-corrected chi connectivity index (χ2v) is 7.14. The van der Waals surface area contributed by atoms with E-state index in [9.17, 15) is 9.59 Å². The number of carbonyl (C=O) groups is 2. The number of hydrogen-bond donors (Lipinski definition) is 1. The van der Waals surface area contributed by atoms with Crippen LogP contribution >= 0.6 is 0 Å². The molecule has 0 radical (unpaired) electrons. The van der Waals surface area contributed by atoms with Gasteiger partial charge in [-0.15, -0.1) is 0 Å². The third-order valence-corrected chi connectivity index (χ3v) is 4.90. The van der Waals surface area contributed by atoms with E-state index in [1.807, 2.05) is 13.8 Å². The summed E-state index contributed by atoms with van der Waals surface area (Å²) in [6, 6.07) is 0.288. The minimum absolute atomic E-state index is 0.0250. The van der Waals surface area contributed by atoms with Crippen LogP contribution in [-0.2, 0) is 14.3 Å².